The van der Waals surface area contributed by atoms with Gasteiger partial charge in [0, 0.05) is 13.5 Å². The molecule has 1 aliphatic rings. The molecule has 2 atom stereocenters. The highest BCUT2D eigenvalue weighted by Crippen LogP contribution is 2.31. The average Bonchev–Trinajstić information content (AvgIpc) is 2.57. The molecule has 0 spiro atoms. The van der Waals surface area contributed by atoms with Crippen LogP contribution in [0.4, 0.5) is 0 Å². The highest BCUT2D eigenvalue weighted by molar-refractivity contribution is 5.85. The molecule has 0 fully saturated rings. The number of rotatable bonds is 4. The van der Waals surface area contributed by atoms with Crippen LogP contribution >= 0.6 is 12.4 Å². The molecule has 4 heteroatoms. The Morgan fingerprint density at radius 3 is 2.75 bits per heavy atom. The van der Waals surface area contributed by atoms with Crippen LogP contribution in [0.3, 0.4) is 0 Å². The van der Waals surface area contributed by atoms with Crippen LogP contribution in [0.1, 0.15) is 17.2 Å². The summed E-state index contributed by atoms with van der Waals surface area (Å²) in [7, 11) is 1.67. The highest BCUT2D eigenvalue weighted by Gasteiger charge is 2.29. The zero-order valence-corrected chi connectivity index (χ0v) is 10.2. The summed E-state index contributed by atoms with van der Waals surface area (Å²) in [5, 5.41) is 0. The van der Waals surface area contributed by atoms with E-state index in [1.807, 2.05) is 12.1 Å². The van der Waals surface area contributed by atoms with E-state index in [1.54, 1.807) is 7.11 Å². The number of halogens is 1. The van der Waals surface area contributed by atoms with Gasteiger partial charge in [0.05, 0.1) is 25.4 Å². The molecule has 1 aromatic carbocycles. The van der Waals surface area contributed by atoms with E-state index < -0.39 is 0 Å². The normalized spacial score (nSPS) is 22.6. The predicted molar refractivity (Wildman–Crippen MR) is 65.9 cm³/mol. The van der Waals surface area contributed by atoms with E-state index in [4.69, 9.17) is 15.2 Å². The molecule has 90 valence electrons. The van der Waals surface area contributed by atoms with E-state index in [0.717, 1.165) is 6.42 Å². The predicted octanol–water partition coefficient (Wildman–Crippen LogP) is 1.70. The Morgan fingerprint density at radius 2 is 2.06 bits per heavy atom. The lowest BCUT2D eigenvalue weighted by Crippen LogP contribution is -2.26. The fourth-order valence-corrected chi connectivity index (χ4v) is 2.03. The van der Waals surface area contributed by atoms with Crippen molar-refractivity contribution in [3.8, 4) is 0 Å². The van der Waals surface area contributed by atoms with Crippen molar-refractivity contribution < 1.29 is 9.47 Å². The minimum Gasteiger partial charge on any atom is -0.382 e. The molecule has 1 aromatic rings. The van der Waals surface area contributed by atoms with Gasteiger partial charge in [0.25, 0.3) is 0 Å². The standard InChI is InChI=1S/C12H17NO2.ClH/c1-14-6-7-15-11-8-9-4-2-3-5-10(9)12(11)13;/h2-5,11-12H,6-8,13H2,1H3;1H/t11-,12-;/m0./s1. The Bertz CT molecular complexity index is 333. The maximum atomic E-state index is 6.11. The van der Waals surface area contributed by atoms with Crippen molar-refractivity contribution in [2.24, 2.45) is 5.73 Å². The molecule has 2 N–H and O–H groups in total. The van der Waals surface area contributed by atoms with Crippen molar-refractivity contribution in [1.29, 1.82) is 0 Å². The zero-order chi connectivity index (χ0) is 10.7. The van der Waals surface area contributed by atoms with Crippen molar-refractivity contribution in [3.63, 3.8) is 0 Å². The van der Waals surface area contributed by atoms with Gasteiger partial charge in [-0.2, -0.15) is 0 Å². The second-order valence-electron chi connectivity index (χ2n) is 3.83. The van der Waals surface area contributed by atoms with Crippen LogP contribution in [-0.2, 0) is 15.9 Å². The van der Waals surface area contributed by atoms with Crippen LogP contribution in [0.2, 0.25) is 0 Å². The fourth-order valence-electron chi connectivity index (χ4n) is 2.03. The second kappa shape index (κ2) is 6.21. The van der Waals surface area contributed by atoms with Gasteiger partial charge in [-0.3, -0.25) is 0 Å². The molecule has 0 heterocycles. The molecule has 0 unspecified atom stereocenters. The molecule has 2 rings (SSSR count). The van der Waals surface area contributed by atoms with Crippen LogP contribution < -0.4 is 5.73 Å². The number of hydrogen-bond acceptors (Lipinski definition) is 3. The zero-order valence-electron chi connectivity index (χ0n) is 9.39. The quantitative estimate of drug-likeness (QED) is 0.819. The number of nitrogens with two attached hydrogens (primary N) is 1. The van der Waals surface area contributed by atoms with Crippen LogP contribution in [-0.4, -0.2) is 26.4 Å². The number of fused-ring (bicyclic) bond motifs is 1. The lowest BCUT2D eigenvalue weighted by atomic mass is 10.1. The molecular formula is C12H18ClNO2. The van der Waals surface area contributed by atoms with Gasteiger partial charge in [-0.1, -0.05) is 24.3 Å². The van der Waals surface area contributed by atoms with Crippen LogP contribution in [0.15, 0.2) is 24.3 Å². The monoisotopic (exact) mass is 243 g/mol. The first kappa shape index (κ1) is 13.5. The summed E-state index contributed by atoms with van der Waals surface area (Å²) in [5.41, 5.74) is 8.64. The lowest BCUT2D eigenvalue weighted by molar-refractivity contribution is 0.0106. The molecule has 0 saturated carbocycles. The minimum atomic E-state index is 0. The maximum absolute atomic E-state index is 6.11. The lowest BCUT2D eigenvalue weighted by Gasteiger charge is -2.16. The Labute approximate surface area is 102 Å². The Morgan fingerprint density at radius 1 is 1.31 bits per heavy atom. The first-order chi connectivity index (χ1) is 7.33. The maximum Gasteiger partial charge on any atom is 0.0809 e. The molecular weight excluding hydrogens is 226 g/mol. The van der Waals surface area contributed by atoms with Crippen LogP contribution in [0, 0.1) is 0 Å². The average molecular weight is 244 g/mol. The molecule has 0 aliphatic heterocycles. The minimum absolute atomic E-state index is 0. The summed E-state index contributed by atoms with van der Waals surface area (Å²) in [4.78, 5) is 0. The van der Waals surface area contributed by atoms with Crippen molar-refractivity contribution in [3.05, 3.63) is 35.4 Å². The van der Waals surface area contributed by atoms with Crippen molar-refractivity contribution >= 4 is 12.4 Å². The van der Waals surface area contributed by atoms with Gasteiger partial charge in [-0.25, -0.2) is 0 Å². The first-order valence-electron chi connectivity index (χ1n) is 5.27. The highest BCUT2D eigenvalue weighted by atomic mass is 35.5. The third-order valence-electron chi connectivity index (χ3n) is 2.86. The van der Waals surface area contributed by atoms with Crippen LogP contribution in [0.5, 0.6) is 0 Å². The van der Waals surface area contributed by atoms with Gasteiger partial charge in [-0.05, 0) is 11.1 Å². The van der Waals surface area contributed by atoms with Crippen LogP contribution in [0.25, 0.3) is 0 Å². The largest absolute Gasteiger partial charge is 0.382 e. The SMILES string of the molecule is COCCO[C@H]1Cc2ccccc2[C@@H]1N.Cl. The molecule has 0 saturated heterocycles. The van der Waals surface area contributed by atoms with E-state index in [9.17, 15) is 0 Å². The summed E-state index contributed by atoms with van der Waals surface area (Å²) in [6, 6.07) is 8.28. The third-order valence-corrected chi connectivity index (χ3v) is 2.86. The molecule has 0 radical (unpaired) electrons. The number of ether oxygens (including phenoxy) is 2. The Kier molecular flexibility index (Phi) is 5.22. The van der Waals surface area contributed by atoms with Crippen molar-refractivity contribution in [1.82, 2.24) is 0 Å². The Hall–Kier alpha value is -0.610. The summed E-state index contributed by atoms with van der Waals surface area (Å²) < 4.78 is 10.6. The summed E-state index contributed by atoms with van der Waals surface area (Å²) in [6.45, 7) is 1.24. The number of methoxy groups -OCH3 is 1. The van der Waals surface area contributed by atoms with E-state index in [0.29, 0.717) is 13.2 Å². The third kappa shape index (κ3) is 2.74. The molecule has 0 amide bonds. The topological polar surface area (TPSA) is 44.5 Å². The smallest absolute Gasteiger partial charge is 0.0809 e. The molecule has 0 aromatic heterocycles. The van der Waals surface area contributed by atoms with Gasteiger partial charge in [-0.15, -0.1) is 12.4 Å². The van der Waals surface area contributed by atoms with Gasteiger partial charge < -0.3 is 15.2 Å². The van der Waals surface area contributed by atoms with E-state index in [-0.39, 0.29) is 24.6 Å². The van der Waals surface area contributed by atoms with Gasteiger partial charge in [0.1, 0.15) is 0 Å². The summed E-state index contributed by atoms with van der Waals surface area (Å²) >= 11 is 0. The first-order valence-corrected chi connectivity index (χ1v) is 5.27. The van der Waals surface area contributed by atoms with E-state index in [1.165, 1.54) is 11.1 Å². The molecule has 1 aliphatic carbocycles. The fraction of sp³-hybridized carbons (Fsp3) is 0.500. The second-order valence-corrected chi connectivity index (χ2v) is 3.83. The summed E-state index contributed by atoms with van der Waals surface area (Å²) in [5.74, 6) is 0. The summed E-state index contributed by atoms with van der Waals surface area (Å²) in [6.07, 6.45) is 1.03. The number of hydrogen-bond donors (Lipinski definition) is 1. The van der Waals surface area contributed by atoms with Gasteiger partial charge in [0.15, 0.2) is 0 Å². The molecule has 0 bridgehead atoms. The van der Waals surface area contributed by atoms with Gasteiger partial charge >= 0.3 is 0 Å². The van der Waals surface area contributed by atoms with Crippen molar-refractivity contribution in [2.75, 3.05) is 20.3 Å². The number of benzene rings is 1. The molecule has 16 heavy (non-hydrogen) atoms. The molecule has 3 nitrogen and oxygen atoms in total. The Balaban J connectivity index is 0.00000128. The van der Waals surface area contributed by atoms with E-state index in [2.05, 4.69) is 12.1 Å². The van der Waals surface area contributed by atoms with E-state index >= 15 is 0 Å². The van der Waals surface area contributed by atoms with Crippen molar-refractivity contribution in [2.45, 2.75) is 18.6 Å². The van der Waals surface area contributed by atoms with Gasteiger partial charge in [0.2, 0.25) is 0 Å².